The van der Waals surface area contributed by atoms with Gasteiger partial charge in [0.1, 0.15) is 5.82 Å². The molecule has 17 heavy (non-hydrogen) atoms. The van der Waals surface area contributed by atoms with E-state index in [-0.39, 0.29) is 0 Å². The summed E-state index contributed by atoms with van der Waals surface area (Å²) in [6.45, 7) is 3.30. The number of aryl methyl sites for hydroxylation is 1. The number of imidazole rings is 1. The van der Waals surface area contributed by atoms with E-state index in [4.69, 9.17) is 0 Å². The summed E-state index contributed by atoms with van der Waals surface area (Å²) >= 11 is 2.12. The predicted octanol–water partition coefficient (Wildman–Crippen LogP) is 2.32. The van der Waals surface area contributed by atoms with E-state index < -0.39 is 0 Å². The van der Waals surface area contributed by atoms with E-state index in [9.17, 15) is 0 Å². The van der Waals surface area contributed by atoms with Crippen LogP contribution in [0.4, 0.5) is 0 Å². The fraction of sp³-hybridized carbons (Fsp3) is 0.769. The van der Waals surface area contributed by atoms with Gasteiger partial charge in [0.25, 0.3) is 0 Å². The Balaban J connectivity index is 1.99. The largest absolute Gasteiger partial charge is 0.335 e. The summed E-state index contributed by atoms with van der Waals surface area (Å²) in [4.78, 5) is 4.51. The first-order valence-electron chi connectivity index (χ1n) is 6.64. The number of thioether (sulfide) groups is 1. The van der Waals surface area contributed by atoms with Crippen LogP contribution < -0.4 is 5.32 Å². The highest BCUT2D eigenvalue weighted by Gasteiger charge is 2.25. The minimum absolute atomic E-state index is 0.570. The number of nitrogens with one attached hydrogen (secondary N) is 1. The minimum Gasteiger partial charge on any atom is -0.335 e. The highest BCUT2D eigenvalue weighted by Crippen LogP contribution is 2.29. The van der Waals surface area contributed by atoms with Crippen LogP contribution in [0.25, 0.3) is 0 Å². The van der Waals surface area contributed by atoms with Gasteiger partial charge in [-0.25, -0.2) is 4.98 Å². The van der Waals surface area contributed by atoms with Crippen molar-refractivity contribution in [3.05, 3.63) is 18.2 Å². The average Bonchev–Trinajstić information content (AvgIpc) is 2.97. The van der Waals surface area contributed by atoms with Crippen molar-refractivity contribution in [3.63, 3.8) is 0 Å². The SMILES string of the molecule is CCCn1ccnc1CC(NC)C1CCCS1. The maximum Gasteiger partial charge on any atom is 0.110 e. The second-order valence-corrected chi connectivity index (χ2v) is 6.03. The molecule has 0 amide bonds. The molecule has 1 N–H and O–H groups in total. The van der Waals surface area contributed by atoms with Crippen molar-refractivity contribution in [2.45, 2.75) is 50.4 Å². The molecule has 0 aliphatic carbocycles. The Labute approximate surface area is 108 Å². The number of hydrogen-bond acceptors (Lipinski definition) is 3. The molecular weight excluding hydrogens is 230 g/mol. The molecule has 4 heteroatoms. The highest BCUT2D eigenvalue weighted by molar-refractivity contribution is 8.00. The lowest BCUT2D eigenvalue weighted by molar-refractivity contribution is 0.497. The number of likely N-dealkylation sites (N-methyl/N-ethyl adjacent to an activating group) is 1. The molecule has 3 nitrogen and oxygen atoms in total. The third kappa shape index (κ3) is 3.26. The topological polar surface area (TPSA) is 29.9 Å². The van der Waals surface area contributed by atoms with Gasteiger partial charge in [-0.05, 0) is 32.1 Å². The second-order valence-electron chi connectivity index (χ2n) is 4.69. The van der Waals surface area contributed by atoms with Crippen molar-refractivity contribution < 1.29 is 0 Å². The van der Waals surface area contributed by atoms with Crippen LogP contribution in [0.3, 0.4) is 0 Å². The van der Waals surface area contributed by atoms with Crippen LogP contribution in [0.15, 0.2) is 12.4 Å². The number of aromatic nitrogens is 2. The van der Waals surface area contributed by atoms with Crippen LogP contribution in [0.5, 0.6) is 0 Å². The van der Waals surface area contributed by atoms with E-state index in [1.165, 1.54) is 30.8 Å². The third-order valence-electron chi connectivity index (χ3n) is 3.45. The van der Waals surface area contributed by atoms with Crippen LogP contribution in [-0.2, 0) is 13.0 Å². The van der Waals surface area contributed by atoms with Crippen molar-refractivity contribution in [3.8, 4) is 0 Å². The molecule has 1 aliphatic heterocycles. The molecule has 2 heterocycles. The van der Waals surface area contributed by atoms with Crippen LogP contribution >= 0.6 is 11.8 Å². The van der Waals surface area contributed by atoms with Gasteiger partial charge >= 0.3 is 0 Å². The Hall–Kier alpha value is -0.480. The molecule has 0 radical (unpaired) electrons. The van der Waals surface area contributed by atoms with Gasteiger partial charge < -0.3 is 9.88 Å². The van der Waals surface area contributed by atoms with Crippen LogP contribution in [-0.4, -0.2) is 33.6 Å². The summed E-state index contributed by atoms with van der Waals surface area (Å²) in [5.41, 5.74) is 0. The summed E-state index contributed by atoms with van der Waals surface area (Å²) < 4.78 is 2.30. The van der Waals surface area contributed by atoms with Gasteiger partial charge in [0.15, 0.2) is 0 Å². The monoisotopic (exact) mass is 253 g/mol. The summed E-state index contributed by atoms with van der Waals surface area (Å²) in [7, 11) is 2.08. The van der Waals surface area contributed by atoms with Crippen molar-refractivity contribution in [2.75, 3.05) is 12.8 Å². The standard InChI is InChI=1S/C13H23N3S/c1-3-7-16-8-6-15-13(16)10-11(14-2)12-5-4-9-17-12/h6,8,11-12,14H,3-5,7,9-10H2,1-2H3. The Kier molecular flexibility index (Phi) is 4.92. The molecule has 1 aromatic heterocycles. The first-order chi connectivity index (χ1) is 8.35. The lowest BCUT2D eigenvalue weighted by Gasteiger charge is -2.22. The highest BCUT2D eigenvalue weighted by atomic mass is 32.2. The summed E-state index contributed by atoms with van der Waals surface area (Å²) in [6.07, 6.45) is 8.99. The molecule has 2 unspecified atom stereocenters. The molecule has 0 spiro atoms. The van der Waals surface area contributed by atoms with Crippen LogP contribution in [0.2, 0.25) is 0 Å². The molecule has 0 bridgehead atoms. The molecular formula is C13H23N3S. The van der Waals surface area contributed by atoms with Crippen molar-refractivity contribution in [1.29, 1.82) is 0 Å². The van der Waals surface area contributed by atoms with Gasteiger partial charge in [-0.15, -0.1) is 0 Å². The van der Waals surface area contributed by atoms with E-state index in [0.717, 1.165) is 18.2 Å². The molecule has 1 saturated heterocycles. The average molecular weight is 253 g/mol. The van der Waals surface area contributed by atoms with Crippen LogP contribution in [0, 0.1) is 0 Å². The van der Waals surface area contributed by atoms with E-state index in [0.29, 0.717) is 6.04 Å². The Morgan fingerprint density at radius 3 is 3.18 bits per heavy atom. The third-order valence-corrected chi connectivity index (χ3v) is 4.97. The molecule has 2 rings (SSSR count). The van der Waals surface area contributed by atoms with Gasteiger partial charge in [0.2, 0.25) is 0 Å². The van der Waals surface area contributed by atoms with Gasteiger partial charge in [-0.3, -0.25) is 0 Å². The lowest BCUT2D eigenvalue weighted by atomic mass is 10.1. The molecule has 96 valence electrons. The second kappa shape index (κ2) is 6.45. The first kappa shape index (κ1) is 13.0. The van der Waals surface area contributed by atoms with E-state index >= 15 is 0 Å². The normalized spacial score (nSPS) is 21.9. The summed E-state index contributed by atoms with van der Waals surface area (Å²) in [5, 5.41) is 4.25. The molecule has 1 aliphatic rings. The van der Waals surface area contributed by atoms with Crippen LogP contribution in [0.1, 0.15) is 32.0 Å². The van der Waals surface area contributed by atoms with Gasteiger partial charge in [0, 0.05) is 36.7 Å². The summed E-state index contributed by atoms with van der Waals surface area (Å²) in [5.74, 6) is 2.56. The quantitative estimate of drug-likeness (QED) is 0.844. The maximum atomic E-state index is 4.51. The lowest BCUT2D eigenvalue weighted by Crippen LogP contribution is -2.37. The molecule has 1 fully saturated rings. The summed E-state index contributed by atoms with van der Waals surface area (Å²) in [6, 6.07) is 0.570. The van der Waals surface area contributed by atoms with Crippen molar-refractivity contribution in [1.82, 2.24) is 14.9 Å². The Morgan fingerprint density at radius 1 is 1.65 bits per heavy atom. The fourth-order valence-electron chi connectivity index (χ4n) is 2.51. The van der Waals surface area contributed by atoms with E-state index in [1.807, 2.05) is 6.20 Å². The van der Waals surface area contributed by atoms with E-state index in [2.05, 4.69) is 46.8 Å². The first-order valence-corrected chi connectivity index (χ1v) is 7.69. The molecule has 0 aromatic carbocycles. The molecule has 2 atom stereocenters. The molecule has 0 saturated carbocycles. The van der Waals surface area contributed by atoms with Crippen molar-refractivity contribution >= 4 is 11.8 Å². The van der Waals surface area contributed by atoms with Crippen molar-refractivity contribution in [2.24, 2.45) is 0 Å². The van der Waals surface area contributed by atoms with Gasteiger partial charge in [0.05, 0.1) is 0 Å². The van der Waals surface area contributed by atoms with Gasteiger partial charge in [-0.1, -0.05) is 6.92 Å². The minimum atomic E-state index is 0.570. The Morgan fingerprint density at radius 2 is 2.53 bits per heavy atom. The van der Waals surface area contributed by atoms with E-state index in [1.54, 1.807) is 0 Å². The number of rotatable bonds is 6. The van der Waals surface area contributed by atoms with Gasteiger partial charge in [-0.2, -0.15) is 11.8 Å². The molecule has 1 aromatic rings. The zero-order valence-corrected chi connectivity index (χ0v) is 11.7. The zero-order valence-electron chi connectivity index (χ0n) is 10.9. The predicted molar refractivity (Wildman–Crippen MR) is 74.5 cm³/mol. The smallest absolute Gasteiger partial charge is 0.110 e. The zero-order chi connectivity index (χ0) is 12.1. The number of nitrogens with zero attached hydrogens (tertiary/aromatic N) is 2. The maximum absolute atomic E-state index is 4.51. The number of hydrogen-bond donors (Lipinski definition) is 1. The Bertz CT molecular complexity index is 331. The fourth-order valence-corrected chi connectivity index (χ4v) is 3.94.